The predicted molar refractivity (Wildman–Crippen MR) is 97.7 cm³/mol. The number of amides is 2. The molecule has 0 aliphatic carbocycles. The molecular formula is C19H22N4O2. The number of carbonyl (C=O) groups excluding carboxylic acids is 2. The second kappa shape index (κ2) is 8.28. The topological polar surface area (TPSA) is 74.3 Å². The van der Waals surface area contributed by atoms with Gasteiger partial charge in [0.25, 0.3) is 5.91 Å². The third kappa shape index (κ3) is 4.79. The fraction of sp³-hybridized carbons (Fsp3) is 0.316. The second-order valence-electron chi connectivity index (χ2n) is 6.02. The van der Waals surface area contributed by atoms with Crippen LogP contribution in [0.5, 0.6) is 0 Å². The molecular weight excluding hydrogens is 316 g/mol. The number of aromatic nitrogens is 1. The number of hydrogen-bond acceptors (Lipinski definition) is 4. The molecule has 0 spiro atoms. The third-order valence-corrected chi connectivity index (χ3v) is 4.14. The first kappa shape index (κ1) is 17.0. The Kier molecular flexibility index (Phi) is 5.61. The highest BCUT2D eigenvalue weighted by Crippen LogP contribution is 2.19. The molecule has 2 amide bonds. The standard InChI is InChI=1S/C19H22N4O2/c24-18(10-11-20-19(25)15-6-2-1-3-7-15)22-16-8-9-17(21-14-16)23-12-4-5-13-23/h1-3,6-9,14H,4-5,10-13H2,(H,20,25)(H,22,24). The Bertz CT molecular complexity index is 710. The SMILES string of the molecule is O=C(CCNC(=O)c1ccccc1)Nc1ccc(N2CCCC2)nc1. The zero-order chi connectivity index (χ0) is 17.5. The van der Waals surface area contributed by atoms with Gasteiger partial charge in [0.1, 0.15) is 5.82 Å². The van der Waals surface area contributed by atoms with Crippen LogP contribution in [-0.2, 0) is 4.79 Å². The van der Waals surface area contributed by atoms with Crippen LogP contribution in [0.25, 0.3) is 0 Å². The number of pyridine rings is 1. The number of carbonyl (C=O) groups is 2. The Morgan fingerprint density at radius 2 is 1.80 bits per heavy atom. The molecule has 6 heteroatoms. The molecule has 1 aliphatic heterocycles. The van der Waals surface area contributed by atoms with Crippen molar-refractivity contribution in [2.24, 2.45) is 0 Å². The fourth-order valence-corrected chi connectivity index (χ4v) is 2.80. The Morgan fingerprint density at radius 3 is 2.48 bits per heavy atom. The monoisotopic (exact) mass is 338 g/mol. The zero-order valence-electron chi connectivity index (χ0n) is 14.1. The Hall–Kier alpha value is -2.89. The molecule has 1 saturated heterocycles. The van der Waals surface area contributed by atoms with Crippen molar-refractivity contribution in [2.75, 3.05) is 29.9 Å². The summed E-state index contributed by atoms with van der Waals surface area (Å²) < 4.78 is 0. The summed E-state index contributed by atoms with van der Waals surface area (Å²) in [7, 11) is 0. The summed E-state index contributed by atoms with van der Waals surface area (Å²) in [6.45, 7) is 2.37. The van der Waals surface area contributed by atoms with E-state index in [1.807, 2.05) is 18.2 Å². The molecule has 0 bridgehead atoms. The lowest BCUT2D eigenvalue weighted by molar-refractivity contribution is -0.116. The predicted octanol–water partition coefficient (Wildman–Crippen LogP) is 2.44. The van der Waals surface area contributed by atoms with Crippen molar-refractivity contribution in [2.45, 2.75) is 19.3 Å². The molecule has 130 valence electrons. The van der Waals surface area contributed by atoms with E-state index in [1.165, 1.54) is 12.8 Å². The average molecular weight is 338 g/mol. The van der Waals surface area contributed by atoms with Gasteiger partial charge in [0.2, 0.25) is 5.91 Å². The van der Waals surface area contributed by atoms with Crippen LogP contribution in [0.15, 0.2) is 48.7 Å². The molecule has 3 rings (SSSR count). The number of nitrogens with zero attached hydrogens (tertiary/aromatic N) is 2. The van der Waals surface area contributed by atoms with Gasteiger partial charge in [-0.25, -0.2) is 4.98 Å². The minimum absolute atomic E-state index is 0.149. The van der Waals surface area contributed by atoms with Crippen LogP contribution in [0.3, 0.4) is 0 Å². The van der Waals surface area contributed by atoms with E-state index in [0.717, 1.165) is 18.9 Å². The molecule has 0 atom stereocenters. The van der Waals surface area contributed by atoms with E-state index < -0.39 is 0 Å². The Labute approximate surface area is 147 Å². The summed E-state index contributed by atoms with van der Waals surface area (Å²) in [5.74, 6) is 0.625. The van der Waals surface area contributed by atoms with Crippen molar-refractivity contribution >= 4 is 23.3 Å². The molecule has 1 aromatic heterocycles. The first-order valence-corrected chi connectivity index (χ1v) is 8.56. The molecule has 1 aromatic carbocycles. The van der Waals surface area contributed by atoms with Crippen molar-refractivity contribution < 1.29 is 9.59 Å². The van der Waals surface area contributed by atoms with E-state index in [2.05, 4.69) is 20.5 Å². The van der Waals surface area contributed by atoms with E-state index in [4.69, 9.17) is 0 Å². The molecule has 2 N–H and O–H groups in total. The summed E-state index contributed by atoms with van der Waals surface area (Å²) in [5, 5.41) is 5.54. The lowest BCUT2D eigenvalue weighted by atomic mass is 10.2. The van der Waals surface area contributed by atoms with E-state index >= 15 is 0 Å². The summed E-state index contributed by atoms with van der Waals surface area (Å²) >= 11 is 0. The molecule has 25 heavy (non-hydrogen) atoms. The van der Waals surface area contributed by atoms with Gasteiger partial charge in [0.15, 0.2) is 0 Å². The van der Waals surface area contributed by atoms with Crippen LogP contribution in [0.2, 0.25) is 0 Å². The van der Waals surface area contributed by atoms with Gasteiger partial charge in [-0.1, -0.05) is 18.2 Å². The van der Waals surface area contributed by atoms with E-state index in [9.17, 15) is 9.59 Å². The average Bonchev–Trinajstić information content (AvgIpc) is 3.18. The minimum atomic E-state index is -0.176. The zero-order valence-corrected chi connectivity index (χ0v) is 14.1. The lowest BCUT2D eigenvalue weighted by Gasteiger charge is -2.16. The maximum atomic E-state index is 12.0. The van der Waals surface area contributed by atoms with Gasteiger partial charge in [0, 0.05) is 31.6 Å². The fourth-order valence-electron chi connectivity index (χ4n) is 2.80. The normalized spacial score (nSPS) is 13.5. The summed E-state index contributed by atoms with van der Waals surface area (Å²) in [5.41, 5.74) is 1.26. The van der Waals surface area contributed by atoms with Crippen molar-refractivity contribution in [1.29, 1.82) is 0 Å². The van der Waals surface area contributed by atoms with Crippen LogP contribution in [0, 0.1) is 0 Å². The van der Waals surface area contributed by atoms with Crippen LogP contribution in [0.4, 0.5) is 11.5 Å². The Morgan fingerprint density at radius 1 is 1.04 bits per heavy atom. The molecule has 0 radical (unpaired) electrons. The molecule has 2 heterocycles. The van der Waals surface area contributed by atoms with Gasteiger partial charge < -0.3 is 15.5 Å². The van der Waals surface area contributed by atoms with Gasteiger partial charge >= 0.3 is 0 Å². The quantitative estimate of drug-likeness (QED) is 0.848. The summed E-state index contributed by atoms with van der Waals surface area (Å²) in [6, 6.07) is 12.7. The van der Waals surface area contributed by atoms with Gasteiger partial charge in [-0.05, 0) is 37.1 Å². The maximum Gasteiger partial charge on any atom is 0.251 e. The highest BCUT2D eigenvalue weighted by Gasteiger charge is 2.13. The minimum Gasteiger partial charge on any atom is -0.357 e. The Balaban J connectivity index is 1.42. The lowest BCUT2D eigenvalue weighted by Crippen LogP contribution is -2.27. The van der Waals surface area contributed by atoms with Crippen LogP contribution in [0.1, 0.15) is 29.6 Å². The van der Waals surface area contributed by atoms with Gasteiger partial charge in [-0.2, -0.15) is 0 Å². The molecule has 0 unspecified atom stereocenters. The van der Waals surface area contributed by atoms with Crippen LogP contribution < -0.4 is 15.5 Å². The number of nitrogens with one attached hydrogen (secondary N) is 2. The van der Waals surface area contributed by atoms with Gasteiger partial charge in [-0.15, -0.1) is 0 Å². The number of anilines is 2. The second-order valence-corrected chi connectivity index (χ2v) is 6.02. The van der Waals surface area contributed by atoms with Crippen molar-refractivity contribution in [3.63, 3.8) is 0 Å². The van der Waals surface area contributed by atoms with E-state index in [-0.39, 0.29) is 18.2 Å². The van der Waals surface area contributed by atoms with Crippen molar-refractivity contribution in [1.82, 2.24) is 10.3 Å². The van der Waals surface area contributed by atoms with E-state index in [1.54, 1.807) is 30.5 Å². The molecule has 1 fully saturated rings. The number of benzene rings is 1. The van der Waals surface area contributed by atoms with Gasteiger partial charge in [-0.3, -0.25) is 9.59 Å². The smallest absolute Gasteiger partial charge is 0.251 e. The van der Waals surface area contributed by atoms with Gasteiger partial charge in [0.05, 0.1) is 11.9 Å². The van der Waals surface area contributed by atoms with E-state index in [0.29, 0.717) is 17.8 Å². The largest absolute Gasteiger partial charge is 0.357 e. The van der Waals surface area contributed by atoms with Crippen LogP contribution >= 0.6 is 0 Å². The molecule has 0 saturated carbocycles. The molecule has 2 aromatic rings. The number of rotatable bonds is 6. The first-order valence-electron chi connectivity index (χ1n) is 8.56. The summed E-state index contributed by atoms with van der Waals surface area (Å²) in [6.07, 6.45) is 4.30. The van der Waals surface area contributed by atoms with Crippen molar-refractivity contribution in [3.8, 4) is 0 Å². The van der Waals surface area contributed by atoms with Crippen molar-refractivity contribution in [3.05, 3.63) is 54.2 Å². The molecule has 6 nitrogen and oxygen atoms in total. The third-order valence-electron chi connectivity index (χ3n) is 4.14. The van der Waals surface area contributed by atoms with Crippen LogP contribution in [-0.4, -0.2) is 36.4 Å². The first-order chi connectivity index (χ1) is 12.2. The molecule has 1 aliphatic rings. The number of hydrogen-bond donors (Lipinski definition) is 2. The summed E-state index contributed by atoms with van der Waals surface area (Å²) in [4.78, 5) is 30.5. The maximum absolute atomic E-state index is 12.0. The highest BCUT2D eigenvalue weighted by atomic mass is 16.2. The highest BCUT2D eigenvalue weighted by molar-refractivity contribution is 5.95.